The summed E-state index contributed by atoms with van der Waals surface area (Å²) < 4.78 is 48.2. The predicted octanol–water partition coefficient (Wildman–Crippen LogP) is 2.76. The van der Waals surface area contributed by atoms with E-state index < -0.39 is 11.7 Å². The maximum atomic E-state index is 11.6. The van der Waals surface area contributed by atoms with Gasteiger partial charge in [0.05, 0.1) is 98.9 Å². The molecule has 0 heterocycles. The van der Waals surface area contributed by atoms with Crippen molar-refractivity contribution < 1.29 is 52.2 Å². The lowest BCUT2D eigenvalue weighted by molar-refractivity contribution is -0.156. The van der Waals surface area contributed by atoms with Gasteiger partial charge in [0.15, 0.2) is 0 Å². The van der Waals surface area contributed by atoms with Gasteiger partial charge in [-0.25, -0.2) is 4.79 Å². The number of carbonyl (C=O) groups is 2. The number of alkyl carbamates (subject to hydrolysis) is 1. The molecule has 1 aromatic carbocycles. The zero-order chi connectivity index (χ0) is 29.9. The quantitative estimate of drug-likeness (QED) is 0.127. The molecule has 0 unspecified atom stereocenters. The van der Waals surface area contributed by atoms with Crippen molar-refractivity contribution in [1.29, 1.82) is 0 Å². The summed E-state index contributed by atoms with van der Waals surface area (Å²) >= 11 is 0. The molecule has 0 aromatic heterocycles. The Morgan fingerprint density at radius 3 is 1.46 bits per heavy atom. The molecule has 1 rings (SSSR count). The van der Waals surface area contributed by atoms with Crippen LogP contribution < -0.4 is 5.32 Å². The van der Waals surface area contributed by atoms with Gasteiger partial charge in [0.25, 0.3) is 0 Å². The van der Waals surface area contributed by atoms with Crippen LogP contribution in [-0.4, -0.2) is 117 Å². The van der Waals surface area contributed by atoms with E-state index in [1.807, 2.05) is 51.1 Å². The molecule has 12 heteroatoms. The first-order valence-electron chi connectivity index (χ1n) is 14.1. The van der Waals surface area contributed by atoms with Gasteiger partial charge in [-0.3, -0.25) is 4.79 Å². The molecule has 1 aromatic rings. The number of benzene rings is 1. The zero-order valence-electron chi connectivity index (χ0n) is 24.9. The second-order valence-electron chi connectivity index (χ2n) is 9.61. The molecule has 0 fully saturated rings. The number of rotatable bonds is 26. The smallest absolute Gasteiger partial charge is 0.407 e. The van der Waals surface area contributed by atoms with E-state index in [4.69, 9.17) is 42.6 Å². The van der Waals surface area contributed by atoms with Gasteiger partial charge in [-0.2, -0.15) is 0 Å². The number of amides is 1. The van der Waals surface area contributed by atoms with E-state index in [1.54, 1.807) is 0 Å². The van der Waals surface area contributed by atoms with Crippen LogP contribution in [0.4, 0.5) is 4.79 Å². The van der Waals surface area contributed by atoms with Crippen LogP contribution in [0.15, 0.2) is 30.3 Å². The molecule has 12 nitrogen and oxygen atoms in total. The Balaban J connectivity index is 1.69. The Hall–Kier alpha value is -2.32. The molecule has 0 radical (unpaired) electrons. The van der Waals surface area contributed by atoms with Crippen molar-refractivity contribution in [2.24, 2.45) is 0 Å². The molecule has 41 heavy (non-hydrogen) atoms. The number of nitrogens with one attached hydrogen (secondary N) is 1. The first kappa shape index (κ1) is 36.7. The Kier molecular flexibility index (Phi) is 22.7. The number of ether oxygens (including phenoxy) is 9. The van der Waals surface area contributed by atoms with Gasteiger partial charge < -0.3 is 47.9 Å². The van der Waals surface area contributed by atoms with Crippen LogP contribution in [0.5, 0.6) is 0 Å². The van der Waals surface area contributed by atoms with E-state index in [-0.39, 0.29) is 19.0 Å². The number of esters is 1. The SMILES string of the molecule is CC(C)(C)OC(=O)CCOCCOCCOCCOCCOCCOCCOCCNC(=O)OCc1ccccc1. The lowest BCUT2D eigenvalue weighted by Crippen LogP contribution is -2.28. The minimum absolute atomic E-state index is 0.229. The summed E-state index contributed by atoms with van der Waals surface area (Å²) in [7, 11) is 0. The highest BCUT2D eigenvalue weighted by Gasteiger charge is 2.15. The molecule has 0 bridgehead atoms. The third-order valence-corrected chi connectivity index (χ3v) is 4.83. The molecular weight excluding hydrogens is 538 g/mol. The topological polar surface area (TPSA) is 129 Å². The molecule has 1 N–H and O–H groups in total. The van der Waals surface area contributed by atoms with Crippen molar-refractivity contribution >= 4 is 12.1 Å². The summed E-state index contributed by atoms with van der Waals surface area (Å²) in [6, 6.07) is 9.49. The van der Waals surface area contributed by atoms with Crippen LogP contribution in [0.3, 0.4) is 0 Å². The average Bonchev–Trinajstić information content (AvgIpc) is 2.93. The van der Waals surface area contributed by atoms with Gasteiger partial charge in [-0.1, -0.05) is 30.3 Å². The lowest BCUT2D eigenvalue weighted by atomic mass is 10.2. The second kappa shape index (κ2) is 25.4. The molecule has 0 aliphatic heterocycles. The summed E-state index contributed by atoms with van der Waals surface area (Å²) in [5, 5.41) is 2.63. The number of hydrogen-bond donors (Lipinski definition) is 1. The summed E-state index contributed by atoms with van der Waals surface area (Å²) in [6.45, 7) is 12.3. The maximum absolute atomic E-state index is 11.6. The van der Waals surface area contributed by atoms with Gasteiger partial charge in [0, 0.05) is 6.54 Å². The van der Waals surface area contributed by atoms with E-state index in [2.05, 4.69) is 5.32 Å². The highest BCUT2D eigenvalue weighted by atomic mass is 16.6. The second-order valence-corrected chi connectivity index (χ2v) is 9.61. The first-order chi connectivity index (χ1) is 19.9. The molecule has 0 saturated heterocycles. The summed E-state index contributed by atoms with van der Waals surface area (Å²) in [5.74, 6) is -0.268. The van der Waals surface area contributed by atoms with Crippen LogP contribution in [0.1, 0.15) is 32.8 Å². The molecule has 0 saturated carbocycles. The van der Waals surface area contributed by atoms with Crippen LogP contribution >= 0.6 is 0 Å². The van der Waals surface area contributed by atoms with Crippen molar-refractivity contribution in [2.45, 2.75) is 39.4 Å². The van der Waals surface area contributed by atoms with Gasteiger partial charge in [-0.05, 0) is 26.3 Å². The molecule has 0 aliphatic carbocycles. The van der Waals surface area contributed by atoms with Crippen molar-refractivity contribution in [1.82, 2.24) is 5.32 Å². The van der Waals surface area contributed by atoms with Crippen molar-refractivity contribution in [3.05, 3.63) is 35.9 Å². The van der Waals surface area contributed by atoms with Crippen molar-refractivity contribution in [3.8, 4) is 0 Å². The van der Waals surface area contributed by atoms with Gasteiger partial charge in [0.2, 0.25) is 0 Å². The highest BCUT2D eigenvalue weighted by Crippen LogP contribution is 2.08. The summed E-state index contributed by atoms with van der Waals surface area (Å²) in [4.78, 5) is 23.2. The van der Waals surface area contributed by atoms with E-state index >= 15 is 0 Å². The van der Waals surface area contributed by atoms with Gasteiger partial charge in [0.1, 0.15) is 12.2 Å². The molecule has 0 atom stereocenters. The van der Waals surface area contributed by atoms with E-state index in [0.717, 1.165) is 5.56 Å². The summed E-state index contributed by atoms with van der Waals surface area (Å²) in [6.07, 6.45) is -0.243. The van der Waals surface area contributed by atoms with Crippen molar-refractivity contribution in [3.63, 3.8) is 0 Å². The Labute approximate surface area is 244 Å². The fourth-order valence-corrected chi connectivity index (χ4v) is 2.97. The van der Waals surface area contributed by atoms with Crippen LogP contribution in [0.25, 0.3) is 0 Å². The third-order valence-electron chi connectivity index (χ3n) is 4.83. The van der Waals surface area contributed by atoms with Crippen LogP contribution in [0, 0.1) is 0 Å². The molecule has 0 aliphatic rings. The van der Waals surface area contributed by atoms with Gasteiger partial charge >= 0.3 is 12.1 Å². The monoisotopic (exact) mass is 587 g/mol. The maximum Gasteiger partial charge on any atom is 0.407 e. The van der Waals surface area contributed by atoms with E-state index in [1.165, 1.54) is 0 Å². The third kappa shape index (κ3) is 26.3. The normalized spacial score (nSPS) is 11.4. The average molecular weight is 588 g/mol. The number of carbonyl (C=O) groups excluding carboxylic acids is 2. The fourth-order valence-electron chi connectivity index (χ4n) is 2.97. The molecular formula is C29H49NO11. The fraction of sp³-hybridized carbons (Fsp3) is 0.724. The first-order valence-corrected chi connectivity index (χ1v) is 14.1. The highest BCUT2D eigenvalue weighted by molar-refractivity contribution is 5.69. The summed E-state index contributed by atoms with van der Waals surface area (Å²) in [5.41, 5.74) is 0.460. The molecule has 1 amide bonds. The molecule has 236 valence electrons. The zero-order valence-corrected chi connectivity index (χ0v) is 24.9. The van der Waals surface area contributed by atoms with Gasteiger partial charge in [-0.15, -0.1) is 0 Å². The van der Waals surface area contributed by atoms with E-state index in [9.17, 15) is 9.59 Å². The van der Waals surface area contributed by atoms with Crippen LogP contribution in [0.2, 0.25) is 0 Å². The largest absolute Gasteiger partial charge is 0.460 e. The number of hydrogen-bond acceptors (Lipinski definition) is 11. The van der Waals surface area contributed by atoms with Crippen LogP contribution in [-0.2, 0) is 54.0 Å². The van der Waals surface area contributed by atoms with Crippen molar-refractivity contribution in [2.75, 3.05) is 99.0 Å². The standard InChI is InChI=1S/C29H49NO11/c1-29(2,3)41-27(31)9-11-33-13-15-35-17-19-37-21-23-39-24-22-38-20-18-36-16-14-34-12-10-30-28(32)40-25-26-7-5-4-6-8-26/h4-8H,9-25H2,1-3H3,(H,30,32). The lowest BCUT2D eigenvalue weighted by Gasteiger charge is -2.19. The predicted molar refractivity (Wildman–Crippen MR) is 151 cm³/mol. The Bertz CT molecular complexity index is 759. The van der Waals surface area contributed by atoms with E-state index in [0.29, 0.717) is 99.0 Å². The Morgan fingerprint density at radius 1 is 0.610 bits per heavy atom. The Morgan fingerprint density at radius 2 is 1.02 bits per heavy atom. The minimum atomic E-state index is -0.475. The minimum Gasteiger partial charge on any atom is -0.460 e. The molecule has 0 spiro atoms.